The number of nitrogens with zero attached hydrogens (tertiary/aromatic N) is 1. The van der Waals surface area contributed by atoms with E-state index in [0.717, 1.165) is 16.4 Å². The smallest absolute Gasteiger partial charge is 0.0473 e. The van der Waals surface area contributed by atoms with Gasteiger partial charge in [0.25, 0.3) is 0 Å². The molecule has 0 heterocycles. The molecule has 0 bridgehead atoms. The highest BCUT2D eigenvalue weighted by Gasteiger charge is 1.96. The van der Waals surface area contributed by atoms with E-state index < -0.39 is 0 Å². The van der Waals surface area contributed by atoms with Crippen molar-refractivity contribution in [3.63, 3.8) is 0 Å². The van der Waals surface area contributed by atoms with Gasteiger partial charge in [-0.25, -0.2) is 0 Å². The molecule has 0 aliphatic rings. The van der Waals surface area contributed by atoms with E-state index >= 15 is 0 Å². The van der Waals surface area contributed by atoms with Crippen LogP contribution in [-0.2, 0) is 0 Å². The van der Waals surface area contributed by atoms with Crippen LogP contribution in [0.1, 0.15) is 13.8 Å². The molecule has 0 aromatic carbocycles. The van der Waals surface area contributed by atoms with Gasteiger partial charge in [-0.05, 0) is 19.4 Å². The van der Waals surface area contributed by atoms with Crippen LogP contribution in [-0.4, -0.2) is 19.0 Å². The van der Waals surface area contributed by atoms with Gasteiger partial charge >= 0.3 is 0 Å². The van der Waals surface area contributed by atoms with Gasteiger partial charge in [0.1, 0.15) is 0 Å². The number of rotatable bonds is 4. The maximum atomic E-state index is 5.47. The standard InChI is InChI=1S/C7H14N2S/c1-4-10-7(5-8)6(2)9-3/h3-5,8H2,1-2H3/b7-6-. The second-order valence-electron chi connectivity index (χ2n) is 1.80. The molecule has 3 heteroatoms. The van der Waals surface area contributed by atoms with Gasteiger partial charge < -0.3 is 5.73 Å². The number of hydrogen-bond donors (Lipinski definition) is 1. The molecule has 0 aliphatic heterocycles. The van der Waals surface area contributed by atoms with Crippen LogP contribution in [0.4, 0.5) is 0 Å². The molecule has 0 aromatic rings. The first kappa shape index (κ1) is 9.72. The Bertz CT molecular complexity index is 141. The van der Waals surface area contributed by atoms with Gasteiger partial charge in [0.15, 0.2) is 0 Å². The molecule has 58 valence electrons. The molecule has 0 atom stereocenters. The largest absolute Gasteiger partial charge is 0.326 e. The van der Waals surface area contributed by atoms with Crippen molar-refractivity contribution in [2.75, 3.05) is 12.3 Å². The van der Waals surface area contributed by atoms with E-state index in [2.05, 4.69) is 18.6 Å². The highest BCUT2D eigenvalue weighted by atomic mass is 32.2. The Morgan fingerprint density at radius 2 is 2.30 bits per heavy atom. The summed E-state index contributed by atoms with van der Waals surface area (Å²) < 4.78 is 0. The first-order chi connectivity index (χ1) is 4.76. The lowest BCUT2D eigenvalue weighted by atomic mass is 10.4. The molecular formula is C7H14N2S. The monoisotopic (exact) mass is 158 g/mol. The van der Waals surface area contributed by atoms with Gasteiger partial charge in [0.2, 0.25) is 0 Å². The third-order valence-corrected chi connectivity index (χ3v) is 2.24. The van der Waals surface area contributed by atoms with Gasteiger partial charge in [0.05, 0.1) is 0 Å². The van der Waals surface area contributed by atoms with Gasteiger partial charge in [-0.2, -0.15) is 0 Å². The molecule has 2 nitrogen and oxygen atoms in total. The summed E-state index contributed by atoms with van der Waals surface area (Å²) in [7, 11) is 0. The maximum absolute atomic E-state index is 5.47. The quantitative estimate of drug-likeness (QED) is 0.631. The van der Waals surface area contributed by atoms with Crippen LogP contribution < -0.4 is 5.73 Å². The highest BCUT2D eigenvalue weighted by Crippen LogP contribution is 2.17. The fourth-order valence-electron chi connectivity index (χ4n) is 0.573. The third-order valence-electron chi connectivity index (χ3n) is 1.14. The SMILES string of the molecule is C=N/C(C)=C(/CN)SCC. The third kappa shape index (κ3) is 3.03. The van der Waals surface area contributed by atoms with Crippen molar-refractivity contribution >= 4 is 18.5 Å². The van der Waals surface area contributed by atoms with Crippen molar-refractivity contribution in [3.8, 4) is 0 Å². The summed E-state index contributed by atoms with van der Waals surface area (Å²) in [5.74, 6) is 1.04. The summed E-state index contributed by atoms with van der Waals surface area (Å²) in [6.45, 7) is 8.03. The molecule has 0 unspecified atom stereocenters. The number of thioether (sulfide) groups is 1. The molecular weight excluding hydrogens is 144 g/mol. The van der Waals surface area contributed by atoms with Gasteiger partial charge in [-0.15, -0.1) is 11.8 Å². The first-order valence-electron chi connectivity index (χ1n) is 3.25. The van der Waals surface area contributed by atoms with Crippen molar-refractivity contribution < 1.29 is 0 Å². The lowest BCUT2D eigenvalue weighted by molar-refractivity contribution is 1.16. The average molecular weight is 158 g/mol. The molecule has 0 radical (unpaired) electrons. The summed E-state index contributed by atoms with van der Waals surface area (Å²) in [6.07, 6.45) is 0. The van der Waals surface area contributed by atoms with Crippen LogP contribution in [0, 0.1) is 0 Å². The normalized spacial score (nSPS) is 12.7. The Morgan fingerprint density at radius 1 is 1.70 bits per heavy atom. The molecule has 0 saturated heterocycles. The Hall–Kier alpha value is -0.280. The summed E-state index contributed by atoms with van der Waals surface area (Å²) in [5.41, 5.74) is 6.42. The predicted octanol–water partition coefficient (Wildman–Crippen LogP) is 1.63. The van der Waals surface area contributed by atoms with E-state index in [9.17, 15) is 0 Å². The minimum Gasteiger partial charge on any atom is -0.326 e. The van der Waals surface area contributed by atoms with Crippen LogP contribution in [0.15, 0.2) is 15.6 Å². The Labute approximate surface area is 66.6 Å². The second-order valence-corrected chi connectivity index (χ2v) is 3.16. The van der Waals surface area contributed by atoms with Crippen molar-refractivity contribution in [3.05, 3.63) is 10.6 Å². The van der Waals surface area contributed by atoms with Crippen LogP contribution in [0.2, 0.25) is 0 Å². The van der Waals surface area contributed by atoms with Crippen LogP contribution in [0.3, 0.4) is 0 Å². The van der Waals surface area contributed by atoms with Crippen molar-refractivity contribution in [1.29, 1.82) is 0 Å². The first-order valence-corrected chi connectivity index (χ1v) is 4.24. The van der Waals surface area contributed by atoms with Gasteiger partial charge in [-0.3, -0.25) is 4.99 Å². The van der Waals surface area contributed by atoms with E-state index in [0.29, 0.717) is 6.54 Å². The summed E-state index contributed by atoms with van der Waals surface area (Å²) >= 11 is 1.73. The minimum absolute atomic E-state index is 0.573. The number of allylic oxidation sites excluding steroid dienone is 1. The Morgan fingerprint density at radius 3 is 2.60 bits per heavy atom. The van der Waals surface area contributed by atoms with E-state index in [4.69, 9.17) is 5.73 Å². The lowest BCUT2D eigenvalue weighted by Gasteiger charge is -2.02. The Kier molecular flexibility index (Phi) is 5.35. The summed E-state index contributed by atoms with van der Waals surface area (Å²) in [5, 5.41) is 0. The lowest BCUT2D eigenvalue weighted by Crippen LogP contribution is -2.02. The number of aliphatic imine (C=N–C) groups is 1. The molecule has 0 aliphatic carbocycles. The zero-order valence-corrected chi connectivity index (χ0v) is 7.37. The number of hydrogen-bond acceptors (Lipinski definition) is 3. The van der Waals surface area contributed by atoms with Crippen molar-refractivity contribution in [2.45, 2.75) is 13.8 Å². The molecule has 0 fully saturated rings. The molecule has 0 rings (SSSR count). The molecule has 2 N–H and O–H groups in total. The van der Waals surface area contributed by atoms with E-state index in [1.165, 1.54) is 0 Å². The van der Waals surface area contributed by atoms with Crippen molar-refractivity contribution in [1.82, 2.24) is 0 Å². The molecule has 10 heavy (non-hydrogen) atoms. The van der Waals surface area contributed by atoms with Crippen LogP contribution >= 0.6 is 11.8 Å². The molecule has 0 aromatic heterocycles. The zero-order valence-electron chi connectivity index (χ0n) is 6.55. The highest BCUT2D eigenvalue weighted by molar-refractivity contribution is 8.03. The minimum atomic E-state index is 0.573. The topological polar surface area (TPSA) is 38.4 Å². The van der Waals surface area contributed by atoms with Gasteiger partial charge in [-0.1, -0.05) is 6.92 Å². The molecule has 0 saturated carbocycles. The zero-order chi connectivity index (χ0) is 7.98. The fraction of sp³-hybridized carbons (Fsp3) is 0.571. The summed E-state index contributed by atoms with van der Waals surface area (Å²) in [6, 6.07) is 0. The number of nitrogens with two attached hydrogens (primary N) is 1. The van der Waals surface area contributed by atoms with Crippen LogP contribution in [0.25, 0.3) is 0 Å². The Balaban J connectivity index is 4.13. The van der Waals surface area contributed by atoms with Crippen molar-refractivity contribution in [2.24, 2.45) is 10.7 Å². The van der Waals surface area contributed by atoms with E-state index in [1.807, 2.05) is 6.92 Å². The van der Waals surface area contributed by atoms with Gasteiger partial charge in [0, 0.05) is 17.1 Å². The fourth-order valence-corrected chi connectivity index (χ4v) is 1.31. The maximum Gasteiger partial charge on any atom is 0.0473 e. The predicted molar refractivity (Wildman–Crippen MR) is 49.4 cm³/mol. The van der Waals surface area contributed by atoms with E-state index in [-0.39, 0.29) is 0 Å². The molecule has 0 spiro atoms. The summed E-state index contributed by atoms with van der Waals surface area (Å²) in [4.78, 5) is 4.94. The second kappa shape index (κ2) is 5.50. The molecule has 0 amide bonds. The van der Waals surface area contributed by atoms with Crippen LogP contribution in [0.5, 0.6) is 0 Å². The average Bonchev–Trinajstić information content (AvgIpc) is 1.99. The van der Waals surface area contributed by atoms with E-state index in [1.54, 1.807) is 11.8 Å².